The van der Waals surface area contributed by atoms with E-state index in [2.05, 4.69) is 79.4 Å². The molecule has 0 N–H and O–H groups in total. The minimum Gasteiger partial charge on any atom is -0.493 e. The van der Waals surface area contributed by atoms with E-state index in [1.165, 1.54) is 16.2 Å². The molecule has 0 bridgehead atoms. The van der Waals surface area contributed by atoms with Gasteiger partial charge in [-0.3, -0.25) is 0 Å². The first kappa shape index (κ1) is 23.7. The number of nitrogens with zero attached hydrogens (tertiary/aromatic N) is 2. The SMILES string of the molecule is C=C1c2ccc3c4c(OCC)cc5c6c(cc(OCC)c(c7ccc(c2c37)C(=C)N1C)c64)C(=C)N(CC)C5=C. The average Bonchev–Trinajstić information content (AvgIpc) is 2.94. The smallest absolute Gasteiger partial charge is 0.128 e. The Morgan fingerprint density at radius 1 is 0.564 bits per heavy atom. The minimum absolute atomic E-state index is 0.564. The molecule has 0 aromatic heterocycles. The highest BCUT2D eigenvalue weighted by Crippen LogP contribution is 2.55. The molecule has 2 heterocycles. The van der Waals surface area contributed by atoms with Crippen LogP contribution < -0.4 is 9.47 Å². The summed E-state index contributed by atoms with van der Waals surface area (Å²) in [5, 5.41) is 9.22. The molecule has 2 aliphatic heterocycles. The lowest BCUT2D eigenvalue weighted by molar-refractivity contribution is 0.343. The van der Waals surface area contributed by atoms with Crippen LogP contribution in [0.2, 0.25) is 0 Å². The summed E-state index contributed by atoms with van der Waals surface area (Å²) in [4.78, 5) is 4.26. The normalized spacial score (nSPS) is 15.1. The first-order valence-corrected chi connectivity index (χ1v) is 13.7. The minimum atomic E-state index is 0.564. The Balaban J connectivity index is 1.80. The van der Waals surface area contributed by atoms with Crippen molar-refractivity contribution in [2.75, 3.05) is 26.8 Å². The molecule has 0 amide bonds. The van der Waals surface area contributed by atoms with E-state index in [0.717, 1.165) is 90.0 Å². The van der Waals surface area contributed by atoms with Gasteiger partial charge in [0.15, 0.2) is 0 Å². The lowest BCUT2D eigenvalue weighted by Crippen LogP contribution is -2.23. The second-order valence-corrected chi connectivity index (χ2v) is 10.4. The third-order valence-electron chi connectivity index (χ3n) is 8.65. The molecule has 5 aromatic rings. The molecule has 4 nitrogen and oxygen atoms in total. The Morgan fingerprint density at radius 2 is 1.03 bits per heavy atom. The van der Waals surface area contributed by atoms with Crippen molar-refractivity contribution >= 4 is 65.9 Å². The molecule has 0 saturated heterocycles. The summed E-state index contributed by atoms with van der Waals surface area (Å²) >= 11 is 0. The largest absolute Gasteiger partial charge is 0.493 e. The van der Waals surface area contributed by atoms with Gasteiger partial charge >= 0.3 is 0 Å². The van der Waals surface area contributed by atoms with Gasteiger partial charge in [-0.15, -0.1) is 0 Å². The number of fused-ring (bicyclic) bond motifs is 2. The number of ether oxygens (including phenoxy) is 2. The van der Waals surface area contributed by atoms with Gasteiger partial charge in [0.1, 0.15) is 11.5 Å². The highest BCUT2D eigenvalue weighted by atomic mass is 16.5. The number of hydrogen-bond acceptors (Lipinski definition) is 4. The van der Waals surface area contributed by atoms with Gasteiger partial charge in [-0.25, -0.2) is 0 Å². The van der Waals surface area contributed by atoms with Gasteiger partial charge in [0.2, 0.25) is 0 Å². The Kier molecular flexibility index (Phi) is 4.87. The predicted molar refractivity (Wildman–Crippen MR) is 166 cm³/mol. The summed E-state index contributed by atoms with van der Waals surface area (Å²) in [6, 6.07) is 13.2. The van der Waals surface area contributed by atoms with Crippen LogP contribution in [0.5, 0.6) is 11.5 Å². The summed E-state index contributed by atoms with van der Waals surface area (Å²) in [7, 11) is 2.03. The fraction of sp³-hybridized carbons (Fsp3) is 0.200. The summed E-state index contributed by atoms with van der Waals surface area (Å²) in [6.07, 6.45) is 0. The second kappa shape index (κ2) is 8.03. The average molecular weight is 513 g/mol. The van der Waals surface area contributed by atoms with Crippen molar-refractivity contribution in [3.63, 3.8) is 0 Å². The molecule has 5 aromatic carbocycles. The van der Waals surface area contributed by atoms with Gasteiger partial charge in [0, 0.05) is 85.6 Å². The van der Waals surface area contributed by atoms with Gasteiger partial charge in [-0.05, 0) is 49.1 Å². The molecular formula is C35H32N2O2. The molecule has 0 radical (unpaired) electrons. The van der Waals surface area contributed by atoms with Crippen LogP contribution >= 0.6 is 0 Å². The van der Waals surface area contributed by atoms with Crippen molar-refractivity contribution in [3.05, 3.63) is 85.0 Å². The molecule has 0 spiro atoms. The number of rotatable bonds is 5. The van der Waals surface area contributed by atoms with E-state index in [4.69, 9.17) is 9.47 Å². The summed E-state index contributed by atoms with van der Waals surface area (Å²) < 4.78 is 12.8. The first-order chi connectivity index (χ1) is 18.8. The van der Waals surface area contributed by atoms with E-state index in [1.54, 1.807) is 0 Å². The Labute approximate surface area is 229 Å². The van der Waals surface area contributed by atoms with Crippen LogP contribution in [0, 0.1) is 0 Å². The Hall–Kier alpha value is -4.44. The molecule has 7 rings (SSSR count). The van der Waals surface area contributed by atoms with Crippen LogP contribution in [0.4, 0.5) is 0 Å². The molecule has 0 atom stereocenters. The van der Waals surface area contributed by atoms with Gasteiger partial charge in [-0.2, -0.15) is 0 Å². The van der Waals surface area contributed by atoms with Crippen LogP contribution in [-0.2, 0) is 0 Å². The van der Waals surface area contributed by atoms with Gasteiger partial charge in [-0.1, -0.05) is 50.6 Å². The molecule has 0 aliphatic carbocycles. The van der Waals surface area contributed by atoms with E-state index in [0.29, 0.717) is 13.2 Å². The van der Waals surface area contributed by atoms with Crippen molar-refractivity contribution < 1.29 is 9.47 Å². The van der Waals surface area contributed by atoms with Crippen molar-refractivity contribution in [1.29, 1.82) is 0 Å². The maximum Gasteiger partial charge on any atom is 0.128 e. The van der Waals surface area contributed by atoms with E-state index < -0.39 is 0 Å². The molecule has 194 valence electrons. The van der Waals surface area contributed by atoms with E-state index >= 15 is 0 Å². The summed E-state index contributed by atoms with van der Waals surface area (Å²) in [5.74, 6) is 1.73. The fourth-order valence-electron chi connectivity index (χ4n) is 6.87. The van der Waals surface area contributed by atoms with Crippen molar-refractivity contribution in [3.8, 4) is 11.5 Å². The molecule has 39 heavy (non-hydrogen) atoms. The van der Waals surface area contributed by atoms with Crippen molar-refractivity contribution in [2.24, 2.45) is 0 Å². The van der Waals surface area contributed by atoms with E-state index in [1.807, 2.05) is 20.9 Å². The molecule has 0 saturated carbocycles. The standard InChI is InChI=1S/C35H32N2O2/c1-9-37-20(6)26-16-28(38-10-2)33-24-14-12-22-18(4)36(8)19(5)23-13-15-25(31(24)30(22)23)34-29(39-11-3)17-27(21(37)7)32(26)35(33)34/h12-17H,4-7,9-11H2,1-3,8H3. The topological polar surface area (TPSA) is 24.9 Å². The van der Waals surface area contributed by atoms with Crippen LogP contribution in [0.1, 0.15) is 43.0 Å². The molecule has 0 fully saturated rings. The van der Waals surface area contributed by atoms with Crippen LogP contribution in [0.3, 0.4) is 0 Å². The highest BCUT2D eigenvalue weighted by molar-refractivity contribution is 6.38. The van der Waals surface area contributed by atoms with Gasteiger partial charge in [0.25, 0.3) is 0 Å². The predicted octanol–water partition coefficient (Wildman–Crippen LogP) is 8.70. The van der Waals surface area contributed by atoms with Crippen LogP contribution in [-0.4, -0.2) is 36.6 Å². The van der Waals surface area contributed by atoms with Crippen molar-refractivity contribution in [2.45, 2.75) is 20.8 Å². The number of benzene rings is 5. The van der Waals surface area contributed by atoms with Crippen LogP contribution in [0.15, 0.2) is 62.7 Å². The summed E-state index contributed by atoms with van der Waals surface area (Å²) in [6.45, 7) is 26.0. The highest BCUT2D eigenvalue weighted by Gasteiger charge is 2.32. The van der Waals surface area contributed by atoms with E-state index in [9.17, 15) is 0 Å². The maximum atomic E-state index is 6.42. The zero-order valence-electron chi connectivity index (χ0n) is 23.1. The zero-order chi connectivity index (χ0) is 27.3. The van der Waals surface area contributed by atoms with E-state index in [-0.39, 0.29) is 0 Å². The Bertz CT molecular complexity index is 1830. The fourth-order valence-corrected chi connectivity index (χ4v) is 6.87. The van der Waals surface area contributed by atoms with Crippen LogP contribution in [0.25, 0.3) is 65.9 Å². The first-order valence-electron chi connectivity index (χ1n) is 13.7. The monoisotopic (exact) mass is 512 g/mol. The molecule has 2 aliphatic rings. The van der Waals surface area contributed by atoms with Crippen molar-refractivity contribution in [1.82, 2.24) is 9.80 Å². The molecular weight excluding hydrogens is 480 g/mol. The molecule has 4 heteroatoms. The second-order valence-electron chi connectivity index (χ2n) is 10.4. The lowest BCUT2D eigenvalue weighted by Gasteiger charge is -2.36. The third kappa shape index (κ3) is 2.78. The summed E-state index contributed by atoms with van der Waals surface area (Å²) in [5.41, 5.74) is 8.24. The molecule has 0 unspecified atom stereocenters. The van der Waals surface area contributed by atoms with Gasteiger partial charge in [0.05, 0.1) is 13.2 Å². The zero-order valence-corrected chi connectivity index (χ0v) is 23.1. The lowest BCUT2D eigenvalue weighted by atomic mass is 9.80. The van der Waals surface area contributed by atoms with Gasteiger partial charge < -0.3 is 19.3 Å². The quantitative estimate of drug-likeness (QED) is 0.174. The third-order valence-corrected chi connectivity index (χ3v) is 8.65. The Morgan fingerprint density at radius 3 is 1.46 bits per heavy atom. The number of hydrogen-bond donors (Lipinski definition) is 0. The maximum absolute atomic E-state index is 6.42.